The average molecular weight is 213 g/mol. The van der Waals surface area contributed by atoms with E-state index < -0.39 is 0 Å². The molecule has 16 heavy (non-hydrogen) atoms. The number of benzene rings is 1. The summed E-state index contributed by atoms with van der Waals surface area (Å²) < 4.78 is 1.88. The van der Waals surface area contributed by atoms with E-state index in [0.29, 0.717) is 5.69 Å². The second kappa shape index (κ2) is 3.10. The van der Waals surface area contributed by atoms with Crippen LogP contribution in [0.4, 0.5) is 5.69 Å². The van der Waals surface area contributed by atoms with Crippen molar-refractivity contribution in [2.75, 3.05) is 5.73 Å². The van der Waals surface area contributed by atoms with E-state index in [2.05, 4.69) is 15.0 Å². The zero-order chi connectivity index (χ0) is 11.1. The number of nitrogens with one attached hydrogen (secondary N) is 1. The third-order valence-corrected chi connectivity index (χ3v) is 2.49. The van der Waals surface area contributed by atoms with Crippen molar-refractivity contribution < 1.29 is 0 Å². The van der Waals surface area contributed by atoms with Crippen molar-refractivity contribution in [1.82, 2.24) is 19.5 Å². The number of anilines is 1. The molecule has 0 saturated carbocycles. The highest BCUT2D eigenvalue weighted by molar-refractivity contribution is 5.88. The van der Waals surface area contributed by atoms with Gasteiger partial charge >= 0.3 is 0 Å². The third kappa shape index (κ3) is 1.25. The first kappa shape index (κ1) is 8.96. The minimum absolute atomic E-state index is 0.677. The summed E-state index contributed by atoms with van der Waals surface area (Å²) in [6.45, 7) is 0. The van der Waals surface area contributed by atoms with Crippen LogP contribution in [0.1, 0.15) is 0 Å². The van der Waals surface area contributed by atoms with Crippen LogP contribution in [0.5, 0.6) is 0 Å². The normalized spacial score (nSPS) is 11.1. The third-order valence-electron chi connectivity index (χ3n) is 2.49. The van der Waals surface area contributed by atoms with Gasteiger partial charge in [0.25, 0.3) is 0 Å². The Bertz CT molecular complexity index is 649. The van der Waals surface area contributed by atoms with E-state index in [0.717, 1.165) is 22.6 Å². The number of rotatable bonds is 1. The SMILES string of the molecule is Cn1cnc(-c2nc3c(N)cccc3[nH]2)c1. The monoisotopic (exact) mass is 213 g/mol. The maximum atomic E-state index is 5.84. The van der Waals surface area contributed by atoms with Crippen molar-refractivity contribution in [3.63, 3.8) is 0 Å². The van der Waals surface area contributed by atoms with Crippen LogP contribution in [0.15, 0.2) is 30.7 Å². The topological polar surface area (TPSA) is 72.5 Å². The molecular weight excluding hydrogens is 202 g/mol. The van der Waals surface area contributed by atoms with Crippen LogP contribution in [0.3, 0.4) is 0 Å². The summed E-state index contributed by atoms with van der Waals surface area (Å²) in [5.41, 5.74) is 9.06. The van der Waals surface area contributed by atoms with E-state index in [4.69, 9.17) is 5.73 Å². The predicted molar refractivity (Wildman–Crippen MR) is 62.7 cm³/mol. The van der Waals surface area contributed by atoms with Crippen LogP contribution in [0.2, 0.25) is 0 Å². The molecule has 0 aliphatic carbocycles. The average Bonchev–Trinajstić information content (AvgIpc) is 2.84. The molecule has 0 unspecified atom stereocenters. The lowest BCUT2D eigenvalue weighted by Crippen LogP contribution is -1.85. The highest BCUT2D eigenvalue weighted by atomic mass is 15.0. The van der Waals surface area contributed by atoms with Crippen LogP contribution < -0.4 is 5.73 Å². The van der Waals surface area contributed by atoms with Crippen LogP contribution in [-0.4, -0.2) is 19.5 Å². The van der Waals surface area contributed by atoms with Crippen molar-refractivity contribution in [3.05, 3.63) is 30.7 Å². The maximum absolute atomic E-state index is 5.84. The maximum Gasteiger partial charge on any atom is 0.158 e. The molecule has 2 aromatic heterocycles. The minimum Gasteiger partial charge on any atom is -0.397 e. The molecule has 80 valence electrons. The highest BCUT2D eigenvalue weighted by Gasteiger charge is 2.08. The van der Waals surface area contributed by atoms with E-state index in [1.807, 2.05) is 36.0 Å². The van der Waals surface area contributed by atoms with Gasteiger partial charge in [0.15, 0.2) is 5.82 Å². The number of para-hydroxylation sites is 1. The zero-order valence-electron chi connectivity index (χ0n) is 8.81. The van der Waals surface area contributed by atoms with Gasteiger partial charge < -0.3 is 15.3 Å². The molecule has 0 aliphatic heterocycles. The summed E-state index contributed by atoms with van der Waals surface area (Å²) in [5.74, 6) is 0.744. The standard InChI is InChI=1S/C11H11N5/c1-16-5-9(13-6-16)11-14-8-4-2-3-7(12)10(8)15-11/h2-6H,12H2,1H3,(H,14,15). The van der Waals surface area contributed by atoms with Crippen LogP contribution in [0.25, 0.3) is 22.6 Å². The fourth-order valence-corrected chi connectivity index (χ4v) is 1.71. The molecule has 3 N–H and O–H groups in total. The van der Waals surface area contributed by atoms with Gasteiger partial charge in [0.2, 0.25) is 0 Å². The van der Waals surface area contributed by atoms with Gasteiger partial charge in [0.05, 0.1) is 17.5 Å². The quantitative estimate of drug-likeness (QED) is 0.602. The molecule has 0 bridgehead atoms. The minimum atomic E-state index is 0.677. The largest absolute Gasteiger partial charge is 0.397 e. The first-order valence-corrected chi connectivity index (χ1v) is 4.96. The lowest BCUT2D eigenvalue weighted by Gasteiger charge is -1.90. The van der Waals surface area contributed by atoms with Gasteiger partial charge in [-0.3, -0.25) is 0 Å². The van der Waals surface area contributed by atoms with E-state index in [1.54, 1.807) is 6.33 Å². The van der Waals surface area contributed by atoms with Crippen molar-refractivity contribution in [1.29, 1.82) is 0 Å². The Morgan fingerprint density at radius 3 is 2.94 bits per heavy atom. The van der Waals surface area contributed by atoms with Gasteiger partial charge in [-0.15, -0.1) is 0 Å². The first-order chi connectivity index (χ1) is 7.74. The van der Waals surface area contributed by atoms with Crippen LogP contribution >= 0.6 is 0 Å². The Morgan fingerprint density at radius 2 is 2.25 bits per heavy atom. The second-order valence-corrected chi connectivity index (χ2v) is 3.75. The molecule has 0 atom stereocenters. The number of aromatic nitrogens is 4. The molecular formula is C11H11N5. The number of aromatic amines is 1. The molecule has 2 heterocycles. The van der Waals surface area contributed by atoms with Crippen molar-refractivity contribution in [3.8, 4) is 11.5 Å². The molecule has 0 fully saturated rings. The number of nitrogen functional groups attached to an aromatic ring is 1. The second-order valence-electron chi connectivity index (χ2n) is 3.75. The summed E-state index contributed by atoms with van der Waals surface area (Å²) in [7, 11) is 1.92. The molecule has 0 amide bonds. The first-order valence-electron chi connectivity index (χ1n) is 4.96. The Hall–Kier alpha value is -2.30. The van der Waals surface area contributed by atoms with Gasteiger partial charge in [0, 0.05) is 13.2 Å². The van der Waals surface area contributed by atoms with E-state index in [1.165, 1.54) is 0 Å². The lowest BCUT2D eigenvalue weighted by atomic mass is 10.3. The summed E-state index contributed by atoms with van der Waals surface area (Å²) in [4.78, 5) is 11.9. The molecule has 0 saturated heterocycles. The van der Waals surface area contributed by atoms with Gasteiger partial charge in [0.1, 0.15) is 11.2 Å². The fourth-order valence-electron chi connectivity index (χ4n) is 1.71. The number of hydrogen-bond acceptors (Lipinski definition) is 3. The summed E-state index contributed by atoms with van der Waals surface area (Å²) in [5, 5.41) is 0. The van der Waals surface area contributed by atoms with Crippen LogP contribution in [-0.2, 0) is 7.05 Å². The molecule has 1 aromatic carbocycles. The Labute approximate surface area is 91.9 Å². The van der Waals surface area contributed by atoms with Crippen molar-refractivity contribution in [2.24, 2.45) is 7.05 Å². The number of aryl methyl sites for hydroxylation is 1. The smallest absolute Gasteiger partial charge is 0.158 e. The Morgan fingerprint density at radius 1 is 1.38 bits per heavy atom. The van der Waals surface area contributed by atoms with Gasteiger partial charge in [-0.2, -0.15) is 0 Å². The number of imidazole rings is 2. The van der Waals surface area contributed by atoms with Crippen molar-refractivity contribution >= 4 is 16.7 Å². The lowest BCUT2D eigenvalue weighted by molar-refractivity contribution is 0.913. The van der Waals surface area contributed by atoms with E-state index in [-0.39, 0.29) is 0 Å². The zero-order valence-corrected chi connectivity index (χ0v) is 8.81. The van der Waals surface area contributed by atoms with Crippen LogP contribution in [0, 0.1) is 0 Å². The van der Waals surface area contributed by atoms with Crippen molar-refractivity contribution in [2.45, 2.75) is 0 Å². The number of hydrogen-bond donors (Lipinski definition) is 2. The highest BCUT2D eigenvalue weighted by Crippen LogP contribution is 2.22. The van der Waals surface area contributed by atoms with Gasteiger partial charge in [-0.05, 0) is 12.1 Å². The summed E-state index contributed by atoms with van der Waals surface area (Å²) in [6, 6.07) is 5.69. The number of fused-ring (bicyclic) bond motifs is 1. The molecule has 5 nitrogen and oxygen atoms in total. The Balaban J connectivity index is 2.22. The summed E-state index contributed by atoms with van der Waals surface area (Å²) in [6.07, 6.45) is 3.65. The molecule has 0 spiro atoms. The Kier molecular flexibility index (Phi) is 1.73. The molecule has 5 heteroatoms. The number of H-pyrrole nitrogens is 1. The number of nitrogens with two attached hydrogens (primary N) is 1. The van der Waals surface area contributed by atoms with E-state index in [9.17, 15) is 0 Å². The molecule has 0 radical (unpaired) electrons. The number of nitrogens with zero attached hydrogens (tertiary/aromatic N) is 3. The van der Waals surface area contributed by atoms with Gasteiger partial charge in [-0.1, -0.05) is 6.07 Å². The van der Waals surface area contributed by atoms with Gasteiger partial charge in [-0.25, -0.2) is 9.97 Å². The van der Waals surface area contributed by atoms with E-state index >= 15 is 0 Å². The fraction of sp³-hybridized carbons (Fsp3) is 0.0909. The predicted octanol–water partition coefficient (Wildman–Crippen LogP) is 1.55. The molecule has 0 aliphatic rings. The molecule has 3 rings (SSSR count). The summed E-state index contributed by atoms with van der Waals surface area (Å²) >= 11 is 0. The molecule has 3 aromatic rings.